The van der Waals surface area contributed by atoms with E-state index in [0.717, 1.165) is 12.2 Å². The van der Waals surface area contributed by atoms with E-state index in [2.05, 4.69) is 15.3 Å². The van der Waals surface area contributed by atoms with Gasteiger partial charge in [0.25, 0.3) is 0 Å². The average molecular weight is 266 g/mol. The number of nitrogens with two attached hydrogens (primary N) is 1. The highest BCUT2D eigenvalue weighted by Gasteiger charge is 2.39. The van der Waals surface area contributed by atoms with E-state index in [4.69, 9.17) is 10.5 Å². The molecule has 0 aliphatic carbocycles. The SMILES string of the molecule is CCC(NC(=O)C1(CN)CCOCC1)c1ncc[nH]1. The molecule has 0 bridgehead atoms. The largest absolute Gasteiger partial charge is 0.381 e. The van der Waals surface area contributed by atoms with Gasteiger partial charge >= 0.3 is 0 Å². The lowest BCUT2D eigenvalue weighted by atomic mass is 9.79. The minimum atomic E-state index is -0.488. The molecular weight excluding hydrogens is 244 g/mol. The summed E-state index contributed by atoms with van der Waals surface area (Å²) < 4.78 is 5.33. The lowest BCUT2D eigenvalue weighted by Crippen LogP contribution is -2.50. The number of ether oxygens (including phenoxy) is 1. The summed E-state index contributed by atoms with van der Waals surface area (Å²) in [6.45, 7) is 3.58. The first-order chi connectivity index (χ1) is 9.22. The van der Waals surface area contributed by atoms with Gasteiger partial charge in [-0.05, 0) is 19.3 Å². The van der Waals surface area contributed by atoms with Crippen LogP contribution >= 0.6 is 0 Å². The summed E-state index contributed by atoms with van der Waals surface area (Å²) in [5.74, 6) is 0.802. The number of aromatic nitrogens is 2. The molecule has 1 aromatic rings. The number of carbonyl (C=O) groups excluding carboxylic acids is 1. The normalized spacial score (nSPS) is 19.9. The van der Waals surface area contributed by atoms with Crippen molar-refractivity contribution < 1.29 is 9.53 Å². The lowest BCUT2D eigenvalue weighted by molar-refractivity contribution is -0.136. The number of nitrogens with zero attached hydrogens (tertiary/aromatic N) is 1. The molecule has 2 rings (SSSR count). The maximum atomic E-state index is 12.5. The molecule has 1 aliphatic heterocycles. The highest BCUT2D eigenvalue weighted by atomic mass is 16.5. The predicted octanol–water partition coefficient (Wildman–Crippen LogP) is 0.732. The van der Waals surface area contributed by atoms with Crippen molar-refractivity contribution in [1.29, 1.82) is 0 Å². The second-order valence-electron chi connectivity index (χ2n) is 5.01. The predicted molar refractivity (Wildman–Crippen MR) is 71.3 cm³/mol. The number of amides is 1. The van der Waals surface area contributed by atoms with Gasteiger partial charge in [0.15, 0.2) is 0 Å². The molecule has 0 radical (unpaired) electrons. The molecule has 1 saturated heterocycles. The minimum Gasteiger partial charge on any atom is -0.381 e. The molecule has 6 heteroatoms. The second-order valence-corrected chi connectivity index (χ2v) is 5.01. The third-order valence-corrected chi connectivity index (χ3v) is 3.89. The summed E-state index contributed by atoms with van der Waals surface area (Å²) in [6.07, 6.45) is 5.61. The van der Waals surface area contributed by atoms with E-state index in [-0.39, 0.29) is 11.9 Å². The van der Waals surface area contributed by atoms with Crippen LogP contribution in [0.4, 0.5) is 0 Å². The van der Waals surface area contributed by atoms with Crippen LogP contribution in [-0.4, -0.2) is 35.6 Å². The molecule has 1 atom stereocenters. The van der Waals surface area contributed by atoms with Crippen molar-refractivity contribution >= 4 is 5.91 Å². The van der Waals surface area contributed by atoms with Crippen LogP contribution in [0.25, 0.3) is 0 Å². The quantitative estimate of drug-likeness (QED) is 0.732. The Morgan fingerprint density at radius 2 is 2.37 bits per heavy atom. The molecule has 1 unspecified atom stereocenters. The van der Waals surface area contributed by atoms with Crippen molar-refractivity contribution in [3.8, 4) is 0 Å². The Labute approximate surface area is 113 Å². The summed E-state index contributed by atoms with van der Waals surface area (Å²) in [6, 6.07) is -0.0891. The fourth-order valence-electron chi connectivity index (χ4n) is 2.43. The Morgan fingerprint density at radius 1 is 1.63 bits per heavy atom. The zero-order valence-corrected chi connectivity index (χ0v) is 11.3. The standard InChI is InChI=1S/C13H22N4O2/c1-2-10(11-15-5-6-16-11)17-12(18)13(9-14)3-7-19-8-4-13/h5-6,10H,2-4,7-9,14H2,1H3,(H,15,16)(H,17,18). The highest BCUT2D eigenvalue weighted by molar-refractivity contribution is 5.83. The fourth-order valence-corrected chi connectivity index (χ4v) is 2.43. The summed E-state index contributed by atoms with van der Waals surface area (Å²) >= 11 is 0. The van der Waals surface area contributed by atoms with Gasteiger partial charge < -0.3 is 20.8 Å². The molecule has 6 nitrogen and oxygen atoms in total. The molecule has 106 valence electrons. The van der Waals surface area contributed by atoms with Crippen LogP contribution in [0.5, 0.6) is 0 Å². The second kappa shape index (κ2) is 6.16. The molecule has 1 fully saturated rings. The number of rotatable bonds is 5. The molecule has 0 saturated carbocycles. The first kappa shape index (κ1) is 14.0. The first-order valence-electron chi connectivity index (χ1n) is 6.80. The van der Waals surface area contributed by atoms with Gasteiger partial charge in [0.2, 0.25) is 5.91 Å². The zero-order valence-electron chi connectivity index (χ0n) is 11.3. The van der Waals surface area contributed by atoms with Crippen LogP contribution in [-0.2, 0) is 9.53 Å². The van der Waals surface area contributed by atoms with Crippen LogP contribution in [0.15, 0.2) is 12.4 Å². The van der Waals surface area contributed by atoms with Gasteiger partial charge in [-0.25, -0.2) is 4.98 Å². The van der Waals surface area contributed by atoms with Gasteiger partial charge in [0, 0.05) is 32.2 Å². The number of hydrogen-bond donors (Lipinski definition) is 3. The third-order valence-electron chi connectivity index (χ3n) is 3.89. The Kier molecular flexibility index (Phi) is 4.55. The van der Waals surface area contributed by atoms with Gasteiger partial charge in [-0.2, -0.15) is 0 Å². The van der Waals surface area contributed by atoms with E-state index in [9.17, 15) is 4.79 Å². The lowest BCUT2D eigenvalue weighted by Gasteiger charge is -2.35. The number of imidazole rings is 1. The number of H-pyrrole nitrogens is 1. The van der Waals surface area contributed by atoms with Crippen molar-refractivity contribution in [3.63, 3.8) is 0 Å². The monoisotopic (exact) mass is 266 g/mol. The minimum absolute atomic E-state index is 0.0153. The van der Waals surface area contributed by atoms with E-state index in [1.165, 1.54) is 0 Å². The molecule has 0 spiro atoms. The highest BCUT2D eigenvalue weighted by Crippen LogP contribution is 2.30. The van der Waals surface area contributed by atoms with Crippen molar-refractivity contribution in [2.45, 2.75) is 32.2 Å². The molecule has 1 aliphatic rings. The number of nitrogens with one attached hydrogen (secondary N) is 2. The van der Waals surface area contributed by atoms with Crippen LogP contribution < -0.4 is 11.1 Å². The Morgan fingerprint density at radius 3 is 2.89 bits per heavy atom. The van der Waals surface area contributed by atoms with Gasteiger partial charge in [-0.3, -0.25) is 4.79 Å². The molecule has 19 heavy (non-hydrogen) atoms. The van der Waals surface area contributed by atoms with E-state index < -0.39 is 5.41 Å². The van der Waals surface area contributed by atoms with Crippen LogP contribution in [0.2, 0.25) is 0 Å². The maximum absolute atomic E-state index is 12.5. The van der Waals surface area contributed by atoms with Gasteiger partial charge in [-0.15, -0.1) is 0 Å². The molecule has 0 aromatic carbocycles. The average Bonchev–Trinajstić information content (AvgIpc) is 2.99. The molecule has 1 aromatic heterocycles. The maximum Gasteiger partial charge on any atom is 0.228 e. The van der Waals surface area contributed by atoms with E-state index in [0.29, 0.717) is 32.6 Å². The van der Waals surface area contributed by atoms with E-state index >= 15 is 0 Å². The van der Waals surface area contributed by atoms with Crippen molar-refractivity contribution in [3.05, 3.63) is 18.2 Å². The van der Waals surface area contributed by atoms with Gasteiger partial charge in [0.1, 0.15) is 5.82 Å². The van der Waals surface area contributed by atoms with Crippen LogP contribution in [0.3, 0.4) is 0 Å². The van der Waals surface area contributed by atoms with E-state index in [1.54, 1.807) is 12.4 Å². The van der Waals surface area contributed by atoms with Gasteiger partial charge in [-0.1, -0.05) is 6.92 Å². The summed E-state index contributed by atoms with van der Waals surface area (Å²) in [5, 5.41) is 3.06. The zero-order chi connectivity index (χ0) is 13.7. The summed E-state index contributed by atoms with van der Waals surface area (Å²) in [5.41, 5.74) is 5.35. The van der Waals surface area contributed by atoms with Crippen molar-refractivity contribution in [2.75, 3.05) is 19.8 Å². The Bertz CT molecular complexity index is 399. The molecular formula is C13H22N4O2. The first-order valence-corrected chi connectivity index (χ1v) is 6.80. The van der Waals surface area contributed by atoms with Crippen LogP contribution in [0.1, 0.15) is 38.1 Å². The van der Waals surface area contributed by atoms with Crippen LogP contribution in [0, 0.1) is 5.41 Å². The summed E-state index contributed by atoms with van der Waals surface area (Å²) in [7, 11) is 0. The molecule has 4 N–H and O–H groups in total. The Hall–Kier alpha value is -1.40. The molecule has 2 heterocycles. The smallest absolute Gasteiger partial charge is 0.228 e. The van der Waals surface area contributed by atoms with Crippen molar-refractivity contribution in [1.82, 2.24) is 15.3 Å². The topological polar surface area (TPSA) is 93.0 Å². The van der Waals surface area contributed by atoms with Crippen molar-refractivity contribution in [2.24, 2.45) is 11.1 Å². The third kappa shape index (κ3) is 2.96. The number of aromatic amines is 1. The Balaban J connectivity index is 2.06. The number of carbonyl (C=O) groups is 1. The summed E-state index contributed by atoms with van der Waals surface area (Å²) in [4.78, 5) is 19.8. The van der Waals surface area contributed by atoms with E-state index in [1.807, 2.05) is 6.92 Å². The number of hydrogen-bond acceptors (Lipinski definition) is 4. The fraction of sp³-hybridized carbons (Fsp3) is 0.692. The molecule has 1 amide bonds. The van der Waals surface area contributed by atoms with Gasteiger partial charge in [0.05, 0.1) is 11.5 Å².